The van der Waals surface area contributed by atoms with Crippen LogP contribution in [0.2, 0.25) is 0 Å². The molecule has 0 aromatic heterocycles. The summed E-state index contributed by atoms with van der Waals surface area (Å²) in [5.41, 5.74) is 2.15. The van der Waals surface area contributed by atoms with Gasteiger partial charge in [-0.1, -0.05) is 12.1 Å². The molecule has 0 saturated carbocycles. The number of rotatable bonds is 5. The first kappa shape index (κ1) is 18.5. The van der Waals surface area contributed by atoms with Crippen molar-refractivity contribution >= 4 is 21.6 Å². The largest absolute Gasteiger partial charge is 0.312 e. The van der Waals surface area contributed by atoms with E-state index < -0.39 is 16.1 Å². The Labute approximate surface area is 152 Å². The quantitative estimate of drug-likeness (QED) is 0.871. The fraction of sp³-hybridized carbons (Fsp3) is 0.316. The highest BCUT2D eigenvalue weighted by molar-refractivity contribution is 7.89. The van der Waals surface area contributed by atoms with Gasteiger partial charge in [-0.3, -0.25) is 4.79 Å². The van der Waals surface area contributed by atoms with E-state index in [0.717, 1.165) is 17.7 Å². The molecule has 26 heavy (non-hydrogen) atoms. The van der Waals surface area contributed by atoms with E-state index in [1.165, 1.54) is 18.2 Å². The van der Waals surface area contributed by atoms with Crippen molar-refractivity contribution in [2.75, 3.05) is 11.4 Å². The Morgan fingerprint density at radius 3 is 2.42 bits per heavy atom. The lowest BCUT2D eigenvalue weighted by Crippen LogP contribution is -2.28. The van der Waals surface area contributed by atoms with Gasteiger partial charge >= 0.3 is 0 Å². The van der Waals surface area contributed by atoms with Crippen molar-refractivity contribution in [1.29, 1.82) is 0 Å². The molecule has 0 bridgehead atoms. The van der Waals surface area contributed by atoms with Crippen LogP contribution in [0.4, 0.5) is 10.1 Å². The Morgan fingerprint density at radius 1 is 1.15 bits per heavy atom. The SMILES string of the molecule is Cc1cc(S(=O)(=O)N[C@H](C)c2ccc(F)cc2)ccc1N1CCCC1=O. The van der Waals surface area contributed by atoms with Crippen LogP contribution in [-0.4, -0.2) is 20.9 Å². The van der Waals surface area contributed by atoms with E-state index in [1.807, 2.05) is 0 Å². The zero-order chi connectivity index (χ0) is 18.9. The maximum absolute atomic E-state index is 13.0. The third-order valence-electron chi connectivity index (χ3n) is 4.54. The van der Waals surface area contributed by atoms with Crippen LogP contribution < -0.4 is 9.62 Å². The van der Waals surface area contributed by atoms with Crippen LogP contribution in [0.15, 0.2) is 47.4 Å². The number of carbonyl (C=O) groups excluding carboxylic acids is 1. The minimum Gasteiger partial charge on any atom is -0.312 e. The van der Waals surface area contributed by atoms with E-state index in [-0.39, 0.29) is 16.6 Å². The summed E-state index contributed by atoms with van der Waals surface area (Å²) in [6.45, 7) is 4.16. The molecule has 0 radical (unpaired) electrons. The Hall–Kier alpha value is -2.25. The number of aryl methyl sites for hydroxylation is 1. The van der Waals surface area contributed by atoms with Gasteiger partial charge < -0.3 is 4.90 Å². The molecule has 1 atom stereocenters. The summed E-state index contributed by atoms with van der Waals surface area (Å²) < 4.78 is 41.0. The van der Waals surface area contributed by atoms with Crippen molar-refractivity contribution in [3.63, 3.8) is 0 Å². The fourth-order valence-electron chi connectivity index (χ4n) is 3.12. The minimum absolute atomic E-state index is 0.0618. The molecule has 5 nitrogen and oxygen atoms in total. The number of benzene rings is 2. The predicted octanol–water partition coefficient (Wildman–Crippen LogP) is 3.30. The highest BCUT2D eigenvalue weighted by Gasteiger charge is 2.25. The van der Waals surface area contributed by atoms with Crippen molar-refractivity contribution in [1.82, 2.24) is 4.72 Å². The third-order valence-corrected chi connectivity index (χ3v) is 6.08. The first-order chi connectivity index (χ1) is 12.3. The number of nitrogens with one attached hydrogen (secondary N) is 1. The third kappa shape index (κ3) is 3.78. The molecule has 0 spiro atoms. The molecule has 1 saturated heterocycles. The maximum atomic E-state index is 13.0. The molecular weight excluding hydrogens is 355 g/mol. The summed E-state index contributed by atoms with van der Waals surface area (Å²) >= 11 is 0. The molecule has 1 aliphatic heterocycles. The molecule has 1 heterocycles. The Balaban J connectivity index is 1.82. The summed E-state index contributed by atoms with van der Waals surface area (Å²) in [5, 5.41) is 0. The van der Waals surface area contributed by atoms with Gasteiger partial charge in [0.1, 0.15) is 5.82 Å². The van der Waals surface area contributed by atoms with Gasteiger partial charge in [0.05, 0.1) is 4.90 Å². The second kappa shape index (κ2) is 7.17. The van der Waals surface area contributed by atoms with Crippen LogP contribution in [0, 0.1) is 12.7 Å². The topological polar surface area (TPSA) is 66.5 Å². The van der Waals surface area contributed by atoms with Gasteiger partial charge in [-0.05, 0) is 61.7 Å². The molecule has 1 amide bonds. The van der Waals surface area contributed by atoms with Gasteiger partial charge in [0.2, 0.25) is 15.9 Å². The van der Waals surface area contributed by atoms with Crippen LogP contribution in [0.5, 0.6) is 0 Å². The van der Waals surface area contributed by atoms with Crippen LogP contribution in [0.25, 0.3) is 0 Å². The number of halogens is 1. The Morgan fingerprint density at radius 2 is 1.85 bits per heavy atom. The molecule has 138 valence electrons. The van der Waals surface area contributed by atoms with E-state index in [0.29, 0.717) is 18.5 Å². The molecular formula is C19H21FN2O3S. The van der Waals surface area contributed by atoms with Crippen LogP contribution in [0.1, 0.15) is 36.9 Å². The molecule has 3 rings (SSSR count). The van der Waals surface area contributed by atoms with Crippen LogP contribution >= 0.6 is 0 Å². The van der Waals surface area contributed by atoms with E-state index in [2.05, 4.69) is 4.72 Å². The molecule has 2 aromatic rings. The zero-order valence-electron chi connectivity index (χ0n) is 14.7. The number of sulfonamides is 1. The van der Waals surface area contributed by atoms with Gasteiger partial charge in [0.25, 0.3) is 0 Å². The number of hydrogen-bond donors (Lipinski definition) is 1. The molecule has 7 heteroatoms. The lowest BCUT2D eigenvalue weighted by Gasteiger charge is -2.20. The van der Waals surface area contributed by atoms with E-state index in [9.17, 15) is 17.6 Å². The fourth-order valence-corrected chi connectivity index (χ4v) is 4.44. The van der Waals surface area contributed by atoms with Crippen molar-refractivity contribution in [3.05, 3.63) is 59.4 Å². The molecule has 1 fully saturated rings. The minimum atomic E-state index is -3.74. The number of carbonyl (C=O) groups is 1. The van der Waals surface area contributed by atoms with Gasteiger partial charge in [-0.15, -0.1) is 0 Å². The summed E-state index contributed by atoms with van der Waals surface area (Å²) in [4.78, 5) is 13.7. The van der Waals surface area contributed by atoms with Crippen LogP contribution in [-0.2, 0) is 14.8 Å². The molecule has 2 aromatic carbocycles. The number of hydrogen-bond acceptors (Lipinski definition) is 3. The predicted molar refractivity (Wildman–Crippen MR) is 97.9 cm³/mol. The number of anilines is 1. The summed E-state index contributed by atoms with van der Waals surface area (Å²) in [6.07, 6.45) is 1.34. The molecule has 0 unspecified atom stereocenters. The van der Waals surface area contributed by atoms with E-state index in [4.69, 9.17) is 0 Å². The standard InChI is InChI=1S/C19H21FN2O3S/c1-13-12-17(9-10-18(13)22-11-3-4-19(22)23)26(24,25)21-14(2)15-5-7-16(20)8-6-15/h5-10,12,14,21H,3-4,11H2,1-2H3/t14-/m1/s1. The summed E-state index contributed by atoms with van der Waals surface area (Å²) in [7, 11) is -3.74. The average molecular weight is 376 g/mol. The normalized spacial score (nSPS) is 16.1. The monoisotopic (exact) mass is 376 g/mol. The number of nitrogens with zero attached hydrogens (tertiary/aromatic N) is 1. The summed E-state index contributed by atoms with van der Waals surface area (Å²) in [6, 6.07) is 9.95. The van der Waals surface area contributed by atoms with Crippen molar-refractivity contribution in [3.8, 4) is 0 Å². The number of amides is 1. The van der Waals surface area contributed by atoms with E-state index in [1.54, 1.807) is 43.0 Å². The van der Waals surface area contributed by atoms with Gasteiger partial charge in [0, 0.05) is 24.7 Å². The van der Waals surface area contributed by atoms with Gasteiger partial charge in [-0.2, -0.15) is 0 Å². The smallest absolute Gasteiger partial charge is 0.241 e. The summed E-state index contributed by atoms with van der Waals surface area (Å²) in [5.74, 6) is -0.307. The second-order valence-corrected chi connectivity index (χ2v) is 8.21. The molecule has 1 N–H and O–H groups in total. The highest BCUT2D eigenvalue weighted by Crippen LogP contribution is 2.28. The molecule has 1 aliphatic rings. The Bertz CT molecular complexity index is 926. The highest BCUT2D eigenvalue weighted by atomic mass is 32.2. The zero-order valence-corrected chi connectivity index (χ0v) is 15.5. The lowest BCUT2D eigenvalue weighted by atomic mass is 10.1. The van der Waals surface area contributed by atoms with Crippen LogP contribution in [0.3, 0.4) is 0 Å². The average Bonchev–Trinajstić information content (AvgIpc) is 3.00. The van der Waals surface area contributed by atoms with Gasteiger partial charge in [-0.25, -0.2) is 17.5 Å². The first-order valence-corrected chi connectivity index (χ1v) is 9.95. The van der Waals surface area contributed by atoms with Crippen molar-refractivity contribution in [2.24, 2.45) is 0 Å². The Kier molecular flexibility index (Phi) is 5.11. The van der Waals surface area contributed by atoms with Crippen molar-refractivity contribution in [2.45, 2.75) is 37.6 Å². The van der Waals surface area contributed by atoms with Crippen molar-refractivity contribution < 1.29 is 17.6 Å². The maximum Gasteiger partial charge on any atom is 0.241 e. The lowest BCUT2D eigenvalue weighted by molar-refractivity contribution is -0.117. The second-order valence-electron chi connectivity index (χ2n) is 6.49. The van der Waals surface area contributed by atoms with Gasteiger partial charge in [0.15, 0.2) is 0 Å². The molecule has 0 aliphatic carbocycles. The first-order valence-electron chi connectivity index (χ1n) is 8.47. The van der Waals surface area contributed by atoms with E-state index >= 15 is 0 Å².